The van der Waals surface area contributed by atoms with E-state index in [1.54, 1.807) is 54.2 Å². The van der Waals surface area contributed by atoms with Crippen molar-refractivity contribution in [2.45, 2.75) is 6.42 Å². The number of carbonyl (C=O) groups is 3. The maximum Gasteiger partial charge on any atom is 0.312 e. The van der Waals surface area contributed by atoms with E-state index in [-0.39, 0.29) is 6.42 Å². The molecule has 136 valence electrons. The third-order valence-corrected chi connectivity index (χ3v) is 4.38. The van der Waals surface area contributed by atoms with Crippen molar-refractivity contribution in [3.05, 3.63) is 71.5 Å². The number of pyridine rings is 1. The number of imide groups is 1. The largest absolute Gasteiger partial charge is 0.455 e. The molecule has 2 heterocycles. The van der Waals surface area contributed by atoms with Crippen LogP contribution in [0.4, 0.5) is 0 Å². The van der Waals surface area contributed by atoms with Crippen LogP contribution >= 0.6 is 11.3 Å². The van der Waals surface area contributed by atoms with Gasteiger partial charge in [0.2, 0.25) is 0 Å². The monoisotopic (exact) mass is 381 g/mol. The number of hydrogen-bond donors (Lipinski definition) is 1. The Morgan fingerprint density at radius 1 is 1.07 bits per heavy atom. The highest BCUT2D eigenvalue weighted by molar-refractivity contribution is 7.13. The minimum Gasteiger partial charge on any atom is -0.455 e. The zero-order chi connectivity index (χ0) is 19.1. The molecule has 0 radical (unpaired) electrons. The number of nitrogens with zero attached hydrogens (tertiary/aromatic N) is 2. The van der Waals surface area contributed by atoms with Crippen molar-refractivity contribution in [3.8, 4) is 10.6 Å². The summed E-state index contributed by atoms with van der Waals surface area (Å²) in [7, 11) is 0. The SMILES string of the molecule is O=C(COC(=O)Cc1csc(-c2cccnc2)n1)NC(=O)c1ccccc1. The maximum atomic E-state index is 11.9. The molecule has 0 spiro atoms. The number of aromatic nitrogens is 2. The quantitative estimate of drug-likeness (QED) is 0.658. The first kappa shape index (κ1) is 18.4. The predicted octanol–water partition coefficient (Wildman–Crippen LogP) is 2.25. The highest BCUT2D eigenvalue weighted by atomic mass is 32.1. The molecule has 27 heavy (non-hydrogen) atoms. The molecule has 0 aliphatic rings. The van der Waals surface area contributed by atoms with E-state index in [9.17, 15) is 14.4 Å². The van der Waals surface area contributed by atoms with E-state index in [0.29, 0.717) is 11.3 Å². The molecular formula is C19H15N3O4S. The Hall–Kier alpha value is -3.39. The van der Waals surface area contributed by atoms with Gasteiger partial charge in [0.15, 0.2) is 6.61 Å². The van der Waals surface area contributed by atoms with Crippen molar-refractivity contribution in [1.82, 2.24) is 15.3 Å². The summed E-state index contributed by atoms with van der Waals surface area (Å²) in [6.07, 6.45) is 3.30. The van der Waals surface area contributed by atoms with Gasteiger partial charge in [-0.1, -0.05) is 18.2 Å². The summed E-state index contributed by atoms with van der Waals surface area (Å²) in [5.41, 5.74) is 1.76. The van der Waals surface area contributed by atoms with Crippen LogP contribution in [0.5, 0.6) is 0 Å². The minimum absolute atomic E-state index is 0.0589. The molecule has 0 aliphatic carbocycles. The Labute approximate surface area is 159 Å². The number of thiazole rings is 1. The van der Waals surface area contributed by atoms with E-state index in [0.717, 1.165) is 10.6 Å². The van der Waals surface area contributed by atoms with Crippen LogP contribution in [0.3, 0.4) is 0 Å². The number of rotatable bonds is 6. The summed E-state index contributed by atoms with van der Waals surface area (Å²) in [4.78, 5) is 43.9. The van der Waals surface area contributed by atoms with Crippen LogP contribution in [0.2, 0.25) is 0 Å². The van der Waals surface area contributed by atoms with Crippen LogP contribution in [0.1, 0.15) is 16.1 Å². The first-order valence-corrected chi connectivity index (χ1v) is 8.89. The maximum absolute atomic E-state index is 11.9. The van der Waals surface area contributed by atoms with Gasteiger partial charge >= 0.3 is 5.97 Å². The van der Waals surface area contributed by atoms with E-state index in [1.807, 2.05) is 6.07 Å². The fourth-order valence-electron chi connectivity index (χ4n) is 2.18. The molecule has 2 aromatic heterocycles. The van der Waals surface area contributed by atoms with Crippen LogP contribution in [-0.2, 0) is 20.7 Å². The average molecular weight is 381 g/mol. The lowest BCUT2D eigenvalue weighted by Crippen LogP contribution is -2.34. The number of carbonyl (C=O) groups excluding carboxylic acids is 3. The van der Waals surface area contributed by atoms with Crippen molar-refractivity contribution in [1.29, 1.82) is 0 Å². The molecule has 1 N–H and O–H groups in total. The molecule has 3 aromatic rings. The van der Waals surface area contributed by atoms with Gasteiger partial charge < -0.3 is 4.74 Å². The Morgan fingerprint density at radius 2 is 1.89 bits per heavy atom. The molecule has 0 fully saturated rings. The topological polar surface area (TPSA) is 98.2 Å². The van der Waals surface area contributed by atoms with Crippen LogP contribution in [0.25, 0.3) is 10.6 Å². The predicted molar refractivity (Wildman–Crippen MR) is 98.9 cm³/mol. The summed E-state index contributed by atoms with van der Waals surface area (Å²) in [5.74, 6) is -1.83. The first-order chi connectivity index (χ1) is 13.1. The number of ether oxygens (including phenoxy) is 1. The lowest BCUT2D eigenvalue weighted by atomic mass is 10.2. The third kappa shape index (κ3) is 5.29. The molecule has 8 heteroatoms. The van der Waals surface area contributed by atoms with Crippen molar-refractivity contribution >= 4 is 29.1 Å². The van der Waals surface area contributed by atoms with Crippen molar-refractivity contribution in [2.24, 2.45) is 0 Å². The van der Waals surface area contributed by atoms with Crippen LogP contribution in [0, 0.1) is 0 Å². The van der Waals surface area contributed by atoms with Crippen molar-refractivity contribution in [3.63, 3.8) is 0 Å². The third-order valence-electron chi connectivity index (χ3n) is 3.44. The van der Waals surface area contributed by atoms with Gasteiger partial charge in [-0.2, -0.15) is 0 Å². The molecule has 3 rings (SSSR count). The van der Waals surface area contributed by atoms with Gasteiger partial charge in [-0.15, -0.1) is 11.3 Å². The molecule has 0 bridgehead atoms. The van der Waals surface area contributed by atoms with Crippen LogP contribution in [0.15, 0.2) is 60.2 Å². The van der Waals surface area contributed by atoms with Crippen molar-refractivity contribution in [2.75, 3.05) is 6.61 Å². The van der Waals surface area contributed by atoms with Gasteiger partial charge in [0.05, 0.1) is 12.1 Å². The lowest BCUT2D eigenvalue weighted by Gasteiger charge is -2.05. The summed E-state index contributed by atoms with van der Waals surface area (Å²) >= 11 is 1.39. The van der Waals surface area contributed by atoms with Crippen LogP contribution < -0.4 is 5.32 Å². The number of amides is 2. The summed E-state index contributed by atoms with van der Waals surface area (Å²) < 4.78 is 4.91. The van der Waals surface area contributed by atoms with Gasteiger partial charge in [-0.3, -0.25) is 24.7 Å². The Kier molecular flexibility index (Phi) is 6.01. The highest BCUT2D eigenvalue weighted by Gasteiger charge is 2.14. The minimum atomic E-state index is -0.688. The highest BCUT2D eigenvalue weighted by Crippen LogP contribution is 2.22. The second-order valence-corrected chi connectivity index (χ2v) is 6.32. The molecule has 0 atom stereocenters. The zero-order valence-electron chi connectivity index (χ0n) is 14.1. The van der Waals surface area contributed by atoms with E-state index in [2.05, 4.69) is 15.3 Å². The normalized spacial score (nSPS) is 10.2. The van der Waals surface area contributed by atoms with Gasteiger partial charge in [-0.25, -0.2) is 4.98 Å². The van der Waals surface area contributed by atoms with Gasteiger partial charge in [0.25, 0.3) is 11.8 Å². The Balaban J connectivity index is 1.46. The number of nitrogens with one attached hydrogen (secondary N) is 1. The Morgan fingerprint density at radius 3 is 2.63 bits per heavy atom. The number of hydrogen-bond acceptors (Lipinski definition) is 7. The summed E-state index contributed by atoms with van der Waals surface area (Å²) in [6.45, 7) is -0.531. The fourth-order valence-corrected chi connectivity index (χ4v) is 2.99. The second-order valence-electron chi connectivity index (χ2n) is 5.47. The molecular weight excluding hydrogens is 366 g/mol. The van der Waals surface area contributed by atoms with Crippen molar-refractivity contribution < 1.29 is 19.1 Å². The van der Waals surface area contributed by atoms with Gasteiger partial charge in [0.1, 0.15) is 5.01 Å². The molecule has 7 nitrogen and oxygen atoms in total. The fraction of sp³-hybridized carbons (Fsp3) is 0.105. The van der Waals surface area contributed by atoms with E-state index in [1.165, 1.54) is 11.3 Å². The number of esters is 1. The molecule has 0 unspecified atom stereocenters. The standard InChI is InChI=1S/C19H15N3O4S/c23-16(22-18(25)13-5-2-1-3-6-13)11-26-17(24)9-15-12-27-19(21-15)14-7-4-8-20-10-14/h1-8,10,12H,9,11H2,(H,22,23,25). The van der Waals surface area contributed by atoms with E-state index in [4.69, 9.17) is 4.74 Å². The lowest BCUT2D eigenvalue weighted by molar-refractivity contribution is -0.147. The molecule has 2 amide bonds. The first-order valence-electron chi connectivity index (χ1n) is 8.01. The smallest absolute Gasteiger partial charge is 0.312 e. The van der Waals surface area contributed by atoms with E-state index >= 15 is 0 Å². The average Bonchev–Trinajstić information content (AvgIpc) is 3.16. The summed E-state index contributed by atoms with van der Waals surface area (Å²) in [5, 5.41) is 4.67. The zero-order valence-corrected chi connectivity index (χ0v) is 14.9. The molecule has 1 aromatic carbocycles. The van der Waals surface area contributed by atoms with Gasteiger partial charge in [0, 0.05) is 28.9 Å². The van der Waals surface area contributed by atoms with Gasteiger partial charge in [-0.05, 0) is 24.3 Å². The molecule has 0 saturated carbocycles. The second kappa shape index (κ2) is 8.81. The van der Waals surface area contributed by atoms with E-state index < -0.39 is 24.4 Å². The molecule has 0 saturated heterocycles. The molecule has 0 aliphatic heterocycles. The number of benzene rings is 1. The summed E-state index contributed by atoms with van der Waals surface area (Å²) in [6, 6.07) is 12.0. The Bertz CT molecular complexity index is 942. The van der Waals surface area contributed by atoms with Crippen LogP contribution in [-0.4, -0.2) is 34.4 Å².